The Morgan fingerprint density at radius 1 is 1.40 bits per heavy atom. The van der Waals surface area contributed by atoms with Crippen LogP contribution in [-0.2, 0) is 0 Å². The van der Waals surface area contributed by atoms with Crippen molar-refractivity contribution in [1.29, 1.82) is 0 Å². The van der Waals surface area contributed by atoms with Crippen LogP contribution in [0.25, 0.3) is 0 Å². The van der Waals surface area contributed by atoms with Crippen molar-refractivity contribution in [2.75, 3.05) is 18.7 Å². The van der Waals surface area contributed by atoms with Crippen LogP contribution in [0.2, 0.25) is 0 Å². The molecule has 104 valence electrons. The Kier molecular flexibility index (Phi) is 4.36. The number of ether oxygens (including phenoxy) is 1. The van der Waals surface area contributed by atoms with Crippen LogP contribution in [0.4, 0.5) is 17.2 Å². The summed E-state index contributed by atoms with van der Waals surface area (Å²) in [5.74, 6) is 1.01. The summed E-state index contributed by atoms with van der Waals surface area (Å²) in [5, 5.41) is 14.5. The second-order valence-corrected chi connectivity index (χ2v) is 4.47. The van der Waals surface area contributed by atoms with Gasteiger partial charge in [-0.3, -0.25) is 10.1 Å². The molecule has 0 aliphatic carbocycles. The molecule has 0 radical (unpaired) electrons. The highest BCUT2D eigenvalue weighted by Gasteiger charge is 2.15. The molecule has 0 saturated carbocycles. The van der Waals surface area contributed by atoms with Crippen LogP contribution >= 0.6 is 11.8 Å². The van der Waals surface area contributed by atoms with Gasteiger partial charge in [-0.2, -0.15) is 0 Å². The van der Waals surface area contributed by atoms with E-state index in [9.17, 15) is 10.1 Å². The Morgan fingerprint density at radius 2 is 2.20 bits per heavy atom. The van der Waals surface area contributed by atoms with Crippen LogP contribution in [0.15, 0.2) is 35.6 Å². The van der Waals surface area contributed by atoms with Gasteiger partial charge in [0.05, 0.1) is 12.0 Å². The summed E-state index contributed by atoms with van der Waals surface area (Å²) >= 11 is 1.39. The number of aromatic nitrogens is 2. The van der Waals surface area contributed by atoms with Crippen molar-refractivity contribution in [2.45, 2.75) is 5.16 Å². The Labute approximate surface area is 119 Å². The maximum absolute atomic E-state index is 11.0. The minimum atomic E-state index is -0.460. The quantitative estimate of drug-likeness (QED) is 0.392. The highest BCUT2D eigenvalue weighted by molar-refractivity contribution is 7.98. The lowest BCUT2D eigenvalue weighted by molar-refractivity contribution is -0.383. The summed E-state index contributed by atoms with van der Waals surface area (Å²) in [6, 6.07) is 6.12. The van der Waals surface area contributed by atoms with E-state index in [-0.39, 0.29) is 5.69 Å². The third-order valence-corrected chi connectivity index (χ3v) is 3.04. The number of thioether (sulfide) groups is 1. The van der Waals surface area contributed by atoms with E-state index in [1.807, 2.05) is 6.26 Å². The number of nitro groups is 1. The molecule has 0 aliphatic heterocycles. The number of methoxy groups -OCH3 is 1. The number of rotatable bonds is 5. The van der Waals surface area contributed by atoms with Gasteiger partial charge in [-0.1, -0.05) is 11.8 Å². The van der Waals surface area contributed by atoms with E-state index in [0.29, 0.717) is 22.4 Å². The maximum Gasteiger partial charge on any atom is 0.292 e. The summed E-state index contributed by atoms with van der Waals surface area (Å²) < 4.78 is 5.07. The lowest BCUT2D eigenvalue weighted by Gasteiger charge is -2.08. The molecule has 2 aromatic rings. The number of nitrogens with zero attached hydrogens (tertiary/aromatic N) is 3. The fourth-order valence-corrected chi connectivity index (χ4v) is 1.90. The van der Waals surface area contributed by atoms with E-state index < -0.39 is 4.92 Å². The number of nitrogens with one attached hydrogen (secondary N) is 1. The third-order valence-electron chi connectivity index (χ3n) is 2.48. The largest absolute Gasteiger partial charge is 0.497 e. The third kappa shape index (κ3) is 3.15. The minimum absolute atomic E-state index is 0.0462. The molecule has 0 bridgehead atoms. The van der Waals surface area contributed by atoms with E-state index in [1.54, 1.807) is 18.3 Å². The lowest BCUT2D eigenvalue weighted by Crippen LogP contribution is -2.00. The smallest absolute Gasteiger partial charge is 0.292 e. The number of anilines is 2. The molecule has 0 unspecified atom stereocenters. The molecular formula is C12H12N4O3S. The first-order valence-electron chi connectivity index (χ1n) is 5.60. The topological polar surface area (TPSA) is 90.2 Å². The zero-order valence-corrected chi connectivity index (χ0v) is 11.7. The van der Waals surface area contributed by atoms with Gasteiger partial charge < -0.3 is 10.1 Å². The number of hydrogen-bond acceptors (Lipinski definition) is 7. The molecule has 0 aliphatic rings. The van der Waals surface area contributed by atoms with Gasteiger partial charge in [-0.15, -0.1) is 0 Å². The first-order valence-corrected chi connectivity index (χ1v) is 6.83. The Bertz CT molecular complexity index is 636. The van der Waals surface area contributed by atoms with Crippen LogP contribution < -0.4 is 10.1 Å². The van der Waals surface area contributed by atoms with Gasteiger partial charge in [0.15, 0.2) is 5.16 Å². The van der Waals surface area contributed by atoms with Gasteiger partial charge in [0, 0.05) is 18.3 Å². The van der Waals surface area contributed by atoms with Crippen LogP contribution in [0.5, 0.6) is 5.75 Å². The predicted molar refractivity (Wildman–Crippen MR) is 76.7 cm³/mol. The van der Waals surface area contributed by atoms with Crippen molar-refractivity contribution in [2.24, 2.45) is 0 Å². The standard InChI is InChI=1S/C12H12N4O3S/c1-19-8-3-4-10(16(17)18)9(7-8)14-11-5-6-13-12(15-11)20-2/h3-7H,1-2H3,(H,13,14,15). The van der Waals surface area contributed by atoms with E-state index in [2.05, 4.69) is 15.3 Å². The zero-order valence-electron chi connectivity index (χ0n) is 10.9. The van der Waals surface area contributed by atoms with Gasteiger partial charge in [0.2, 0.25) is 0 Å². The molecule has 1 heterocycles. The van der Waals surface area contributed by atoms with Crippen molar-refractivity contribution < 1.29 is 9.66 Å². The molecular weight excluding hydrogens is 280 g/mol. The lowest BCUT2D eigenvalue weighted by atomic mass is 10.2. The second kappa shape index (κ2) is 6.20. The van der Waals surface area contributed by atoms with E-state index >= 15 is 0 Å². The number of nitro benzene ring substituents is 1. The Balaban J connectivity index is 2.37. The molecule has 1 N–H and O–H groups in total. The number of benzene rings is 1. The van der Waals surface area contributed by atoms with Crippen LogP contribution in [0, 0.1) is 10.1 Å². The van der Waals surface area contributed by atoms with Crippen LogP contribution in [0.3, 0.4) is 0 Å². The van der Waals surface area contributed by atoms with Crippen LogP contribution in [0.1, 0.15) is 0 Å². The highest BCUT2D eigenvalue weighted by Crippen LogP contribution is 2.31. The molecule has 20 heavy (non-hydrogen) atoms. The monoisotopic (exact) mass is 292 g/mol. The normalized spacial score (nSPS) is 10.1. The van der Waals surface area contributed by atoms with Crippen molar-refractivity contribution in [3.05, 3.63) is 40.6 Å². The second-order valence-electron chi connectivity index (χ2n) is 3.69. The van der Waals surface area contributed by atoms with E-state index in [1.165, 1.54) is 31.0 Å². The summed E-state index contributed by atoms with van der Waals surface area (Å²) in [5.41, 5.74) is 0.273. The molecule has 7 nitrogen and oxygen atoms in total. The van der Waals surface area contributed by atoms with Gasteiger partial charge in [-0.05, 0) is 18.4 Å². The number of hydrogen-bond donors (Lipinski definition) is 1. The molecule has 0 atom stereocenters. The van der Waals surface area contributed by atoms with Gasteiger partial charge in [0.25, 0.3) is 5.69 Å². The molecule has 2 rings (SSSR count). The molecule has 0 spiro atoms. The fourth-order valence-electron chi connectivity index (χ4n) is 1.55. The zero-order chi connectivity index (χ0) is 14.5. The summed E-state index contributed by atoms with van der Waals surface area (Å²) in [6.07, 6.45) is 3.44. The molecule has 8 heteroatoms. The molecule has 0 saturated heterocycles. The van der Waals surface area contributed by atoms with Crippen molar-refractivity contribution in [1.82, 2.24) is 9.97 Å². The van der Waals surface area contributed by atoms with Gasteiger partial charge in [-0.25, -0.2) is 9.97 Å². The molecule has 1 aromatic carbocycles. The average molecular weight is 292 g/mol. The van der Waals surface area contributed by atoms with E-state index in [0.717, 1.165) is 0 Å². The fraction of sp³-hybridized carbons (Fsp3) is 0.167. The van der Waals surface area contributed by atoms with Crippen molar-refractivity contribution >= 4 is 29.0 Å². The minimum Gasteiger partial charge on any atom is -0.497 e. The Hall–Kier alpha value is -2.35. The molecule has 0 fully saturated rings. The molecule has 1 aromatic heterocycles. The van der Waals surface area contributed by atoms with Crippen molar-refractivity contribution in [3.8, 4) is 5.75 Å². The average Bonchev–Trinajstić information content (AvgIpc) is 2.47. The predicted octanol–water partition coefficient (Wildman–Crippen LogP) is 2.86. The SMILES string of the molecule is COc1ccc([N+](=O)[O-])c(Nc2ccnc(SC)n2)c1. The van der Waals surface area contributed by atoms with Gasteiger partial charge in [0.1, 0.15) is 17.3 Å². The Morgan fingerprint density at radius 3 is 2.85 bits per heavy atom. The van der Waals surface area contributed by atoms with Gasteiger partial charge >= 0.3 is 0 Å². The maximum atomic E-state index is 11.0. The van der Waals surface area contributed by atoms with E-state index in [4.69, 9.17) is 4.74 Å². The summed E-state index contributed by atoms with van der Waals surface area (Å²) in [4.78, 5) is 18.8. The van der Waals surface area contributed by atoms with Crippen LogP contribution in [-0.4, -0.2) is 28.3 Å². The summed E-state index contributed by atoms with van der Waals surface area (Å²) in [7, 11) is 1.50. The first kappa shape index (κ1) is 14.1. The molecule has 0 amide bonds. The summed E-state index contributed by atoms with van der Waals surface area (Å²) in [6.45, 7) is 0. The first-order chi connectivity index (χ1) is 9.63. The highest BCUT2D eigenvalue weighted by atomic mass is 32.2. The van der Waals surface area contributed by atoms with Crippen molar-refractivity contribution in [3.63, 3.8) is 0 Å².